The molecule has 0 aliphatic carbocycles. The zero-order valence-electron chi connectivity index (χ0n) is 8.34. The monoisotopic (exact) mass is 193 g/mol. The minimum absolute atomic E-state index is 0.144. The van der Waals surface area contributed by atoms with Crippen molar-refractivity contribution < 1.29 is 4.79 Å². The fraction of sp³-hybridized carbons (Fsp3) is 0.500. The average Bonchev–Trinajstić information content (AvgIpc) is 2.65. The van der Waals surface area contributed by atoms with E-state index in [0.29, 0.717) is 0 Å². The summed E-state index contributed by atoms with van der Waals surface area (Å²) >= 11 is 0. The molecule has 2 rings (SSSR count). The highest BCUT2D eigenvalue weighted by atomic mass is 16.2. The van der Waals surface area contributed by atoms with Gasteiger partial charge in [-0.1, -0.05) is 0 Å². The van der Waals surface area contributed by atoms with Crippen LogP contribution in [0.2, 0.25) is 0 Å². The van der Waals surface area contributed by atoms with Gasteiger partial charge in [-0.2, -0.15) is 0 Å². The number of rotatable bonds is 1. The lowest BCUT2D eigenvalue weighted by Gasteiger charge is -2.27. The number of aromatic nitrogens is 1. The molecule has 2 N–H and O–H groups in total. The first-order valence-electron chi connectivity index (χ1n) is 4.92. The molecule has 1 saturated heterocycles. The van der Waals surface area contributed by atoms with Crippen molar-refractivity contribution in [2.24, 2.45) is 0 Å². The lowest BCUT2D eigenvalue weighted by molar-refractivity contribution is 0.0735. The third-order valence-electron chi connectivity index (χ3n) is 2.59. The Kier molecular flexibility index (Phi) is 2.54. The quantitative estimate of drug-likeness (QED) is 0.677. The van der Waals surface area contributed by atoms with Gasteiger partial charge in [-0.3, -0.25) is 4.79 Å². The van der Waals surface area contributed by atoms with Crippen LogP contribution in [0.15, 0.2) is 12.4 Å². The second-order valence-corrected chi connectivity index (χ2v) is 3.59. The van der Waals surface area contributed by atoms with Crippen LogP contribution in [0.5, 0.6) is 0 Å². The molecule has 0 aromatic carbocycles. The van der Waals surface area contributed by atoms with Crippen LogP contribution in [0, 0.1) is 6.92 Å². The summed E-state index contributed by atoms with van der Waals surface area (Å²) < 4.78 is 0. The standard InChI is InChI=1S/C10H15N3O/c1-8-6-12-7-9(8)10(14)13-4-2-11-3-5-13/h6-7,11-12H,2-5H2,1H3. The minimum atomic E-state index is 0.144. The third-order valence-corrected chi connectivity index (χ3v) is 2.59. The van der Waals surface area contributed by atoms with Gasteiger partial charge in [-0.15, -0.1) is 0 Å². The molecule has 0 spiro atoms. The first-order valence-corrected chi connectivity index (χ1v) is 4.92. The predicted octanol–water partition coefficient (Wildman–Crippen LogP) is 0.369. The first kappa shape index (κ1) is 9.27. The molecule has 14 heavy (non-hydrogen) atoms. The van der Waals surface area contributed by atoms with Crippen molar-refractivity contribution in [1.29, 1.82) is 0 Å². The normalized spacial score (nSPS) is 17.1. The fourth-order valence-corrected chi connectivity index (χ4v) is 1.71. The molecule has 1 amide bonds. The number of nitrogens with zero attached hydrogens (tertiary/aromatic N) is 1. The molecule has 76 valence electrons. The Bertz CT molecular complexity index is 326. The van der Waals surface area contributed by atoms with E-state index in [2.05, 4.69) is 10.3 Å². The smallest absolute Gasteiger partial charge is 0.255 e. The Morgan fingerprint density at radius 1 is 1.36 bits per heavy atom. The molecular weight excluding hydrogens is 178 g/mol. The van der Waals surface area contributed by atoms with Crippen molar-refractivity contribution in [2.45, 2.75) is 6.92 Å². The predicted molar refractivity (Wildman–Crippen MR) is 54.3 cm³/mol. The van der Waals surface area contributed by atoms with E-state index in [4.69, 9.17) is 0 Å². The van der Waals surface area contributed by atoms with E-state index < -0.39 is 0 Å². The fourth-order valence-electron chi connectivity index (χ4n) is 1.71. The highest BCUT2D eigenvalue weighted by Crippen LogP contribution is 2.10. The van der Waals surface area contributed by atoms with Crippen LogP contribution in [0.3, 0.4) is 0 Å². The van der Waals surface area contributed by atoms with E-state index in [-0.39, 0.29) is 5.91 Å². The van der Waals surface area contributed by atoms with Gasteiger partial charge < -0.3 is 15.2 Å². The summed E-state index contributed by atoms with van der Waals surface area (Å²) in [6, 6.07) is 0. The van der Waals surface area contributed by atoms with Crippen LogP contribution in [0.25, 0.3) is 0 Å². The van der Waals surface area contributed by atoms with Crippen LogP contribution in [0.4, 0.5) is 0 Å². The average molecular weight is 193 g/mol. The lowest BCUT2D eigenvalue weighted by Crippen LogP contribution is -2.46. The maximum atomic E-state index is 12.0. The minimum Gasteiger partial charge on any atom is -0.367 e. The summed E-state index contributed by atoms with van der Waals surface area (Å²) in [5.41, 5.74) is 1.82. The third kappa shape index (κ3) is 1.65. The largest absolute Gasteiger partial charge is 0.367 e. The summed E-state index contributed by atoms with van der Waals surface area (Å²) in [5, 5.41) is 3.23. The Morgan fingerprint density at radius 3 is 2.64 bits per heavy atom. The zero-order chi connectivity index (χ0) is 9.97. The van der Waals surface area contributed by atoms with Gasteiger partial charge in [0.05, 0.1) is 5.56 Å². The molecule has 1 aromatic heterocycles. The number of hydrogen-bond acceptors (Lipinski definition) is 2. The number of H-pyrrole nitrogens is 1. The van der Waals surface area contributed by atoms with Crippen molar-refractivity contribution in [2.75, 3.05) is 26.2 Å². The van der Waals surface area contributed by atoms with Crippen molar-refractivity contribution in [3.05, 3.63) is 23.5 Å². The molecule has 0 radical (unpaired) electrons. The molecule has 0 saturated carbocycles. The van der Waals surface area contributed by atoms with E-state index >= 15 is 0 Å². The molecule has 0 bridgehead atoms. The van der Waals surface area contributed by atoms with Gasteiger partial charge in [0.2, 0.25) is 0 Å². The lowest BCUT2D eigenvalue weighted by atomic mass is 10.2. The van der Waals surface area contributed by atoms with Gasteiger partial charge in [0, 0.05) is 38.6 Å². The molecule has 2 heterocycles. The Labute approximate surface area is 83.3 Å². The summed E-state index contributed by atoms with van der Waals surface area (Å²) in [7, 11) is 0. The molecular formula is C10H15N3O. The van der Waals surface area contributed by atoms with E-state index in [0.717, 1.165) is 37.3 Å². The second kappa shape index (κ2) is 3.84. The topological polar surface area (TPSA) is 48.1 Å². The van der Waals surface area contributed by atoms with Crippen molar-refractivity contribution in [3.8, 4) is 0 Å². The number of amides is 1. The van der Waals surface area contributed by atoms with Crippen molar-refractivity contribution >= 4 is 5.91 Å². The maximum Gasteiger partial charge on any atom is 0.255 e. The molecule has 1 aromatic rings. The molecule has 0 unspecified atom stereocenters. The Hall–Kier alpha value is -1.29. The van der Waals surface area contributed by atoms with Gasteiger partial charge in [-0.25, -0.2) is 0 Å². The SMILES string of the molecule is Cc1c[nH]cc1C(=O)N1CCNCC1. The number of nitrogens with one attached hydrogen (secondary N) is 2. The Balaban J connectivity index is 2.11. The van der Waals surface area contributed by atoms with Gasteiger partial charge in [0.15, 0.2) is 0 Å². The molecule has 1 fully saturated rings. The van der Waals surface area contributed by atoms with Crippen LogP contribution in [-0.2, 0) is 0 Å². The summed E-state index contributed by atoms with van der Waals surface area (Å²) in [4.78, 5) is 16.8. The van der Waals surface area contributed by atoms with E-state index in [1.807, 2.05) is 18.0 Å². The van der Waals surface area contributed by atoms with E-state index in [1.54, 1.807) is 6.20 Å². The van der Waals surface area contributed by atoms with E-state index in [9.17, 15) is 4.79 Å². The van der Waals surface area contributed by atoms with Gasteiger partial charge in [-0.05, 0) is 12.5 Å². The first-order chi connectivity index (χ1) is 6.79. The van der Waals surface area contributed by atoms with Gasteiger partial charge >= 0.3 is 0 Å². The summed E-state index contributed by atoms with van der Waals surface area (Å²) in [5.74, 6) is 0.144. The number of aromatic amines is 1. The van der Waals surface area contributed by atoms with Crippen molar-refractivity contribution in [1.82, 2.24) is 15.2 Å². The Morgan fingerprint density at radius 2 is 2.07 bits per heavy atom. The van der Waals surface area contributed by atoms with Gasteiger partial charge in [0.1, 0.15) is 0 Å². The summed E-state index contributed by atoms with van der Waals surface area (Å²) in [6.07, 6.45) is 3.63. The number of hydrogen-bond donors (Lipinski definition) is 2. The molecule has 0 atom stereocenters. The van der Waals surface area contributed by atoms with Crippen LogP contribution in [-0.4, -0.2) is 42.0 Å². The highest BCUT2D eigenvalue weighted by Gasteiger charge is 2.19. The van der Waals surface area contributed by atoms with Crippen LogP contribution in [0.1, 0.15) is 15.9 Å². The number of carbonyl (C=O) groups excluding carboxylic acids is 1. The van der Waals surface area contributed by atoms with Crippen LogP contribution >= 0.6 is 0 Å². The molecule has 1 aliphatic rings. The van der Waals surface area contributed by atoms with Crippen molar-refractivity contribution in [3.63, 3.8) is 0 Å². The number of carbonyl (C=O) groups is 1. The van der Waals surface area contributed by atoms with Crippen LogP contribution < -0.4 is 5.32 Å². The number of piperazine rings is 1. The number of aryl methyl sites for hydroxylation is 1. The highest BCUT2D eigenvalue weighted by molar-refractivity contribution is 5.95. The molecule has 4 heteroatoms. The molecule has 1 aliphatic heterocycles. The van der Waals surface area contributed by atoms with Gasteiger partial charge in [0.25, 0.3) is 5.91 Å². The maximum absolute atomic E-state index is 12.0. The zero-order valence-corrected chi connectivity index (χ0v) is 8.34. The molecule has 4 nitrogen and oxygen atoms in total. The second-order valence-electron chi connectivity index (χ2n) is 3.59. The van der Waals surface area contributed by atoms with E-state index in [1.165, 1.54) is 0 Å². The summed E-state index contributed by atoms with van der Waals surface area (Å²) in [6.45, 7) is 5.36.